The molecule has 3 N–H and O–H groups in total. The number of hydrogen-bond donors (Lipinski definition) is 3. The van der Waals surface area contributed by atoms with Crippen LogP contribution in [0.5, 0.6) is 0 Å². The third-order valence-electron chi connectivity index (χ3n) is 6.96. The monoisotopic (exact) mass is 558 g/mol. The minimum Gasteiger partial charge on any atom is -0.407 e. The molecule has 2 aromatic rings. The molecule has 0 radical (unpaired) electrons. The molecule has 214 valence electrons. The topological polar surface area (TPSA) is 115 Å². The van der Waals surface area contributed by atoms with Crippen LogP contribution in [0.25, 0.3) is 0 Å². The van der Waals surface area contributed by atoms with Gasteiger partial charge in [0.15, 0.2) is 5.41 Å². The van der Waals surface area contributed by atoms with Gasteiger partial charge in [-0.3, -0.25) is 9.59 Å². The normalized spacial score (nSPS) is 19.9. The molecule has 10 heteroatoms. The van der Waals surface area contributed by atoms with Crippen molar-refractivity contribution >= 4 is 30.5 Å². The predicted octanol–water partition coefficient (Wildman–Crippen LogP) is 1.53. The lowest BCUT2D eigenvalue weighted by molar-refractivity contribution is -0.320. The van der Waals surface area contributed by atoms with E-state index in [0.717, 1.165) is 0 Å². The minimum atomic E-state index is -2.67. The molecule has 1 aliphatic heterocycles. The summed E-state index contributed by atoms with van der Waals surface area (Å²) >= 11 is 0. The predicted molar refractivity (Wildman–Crippen MR) is 151 cm³/mol. The number of amides is 2. The van der Waals surface area contributed by atoms with Gasteiger partial charge in [0.25, 0.3) is 14.8 Å². The Kier molecular flexibility index (Phi) is 11.2. The molecule has 1 saturated heterocycles. The molecular weight excluding hydrogens is 516 g/mol. The number of ether oxygens (including phenoxy) is 3. The van der Waals surface area contributed by atoms with Crippen molar-refractivity contribution in [2.24, 2.45) is 5.41 Å². The highest BCUT2D eigenvalue weighted by Gasteiger charge is 2.51. The molecule has 39 heavy (non-hydrogen) atoms. The maximum Gasteiger partial charge on any atom is 0.271 e. The number of carbonyl (C=O) groups is 2. The van der Waals surface area contributed by atoms with E-state index < -0.39 is 32.0 Å². The molecule has 3 rings (SSSR count). The molecule has 0 unspecified atom stereocenters. The summed E-state index contributed by atoms with van der Waals surface area (Å²) in [5.74, 6) is -0.990. The minimum absolute atomic E-state index is 0.0659. The number of aliphatic hydroxyl groups excluding tert-OH is 1. The summed E-state index contributed by atoms with van der Waals surface area (Å²) in [6.45, 7) is 6.29. The largest absolute Gasteiger partial charge is 0.407 e. The first kappa shape index (κ1) is 30.9. The van der Waals surface area contributed by atoms with E-state index in [1.807, 2.05) is 36.4 Å². The number of carbonyl (C=O) groups excluding carboxylic acids is 2. The van der Waals surface area contributed by atoms with Gasteiger partial charge < -0.3 is 34.4 Å². The van der Waals surface area contributed by atoms with Crippen LogP contribution in [-0.4, -0.2) is 78.3 Å². The van der Waals surface area contributed by atoms with E-state index in [2.05, 4.69) is 55.7 Å². The maximum atomic E-state index is 13.3. The zero-order valence-corrected chi connectivity index (χ0v) is 24.4. The molecule has 1 fully saturated rings. The van der Waals surface area contributed by atoms with Gasteiger partial charge in [-0.05, 0) is 28.3 Å². The molecule has 2 aromatic carbocycles. The number of benzene rings is 2. The van der Waals surface area contributed by atoms with Crippen LogP contribution in [0.15, 0.2) is 60.7 Å². The Bertz CT molecular complexity index is 999. The highest BCUT2D eigenvalue weighted by molar-refractivity contribution is 6.99. The Labute approximate surface area is 232 Å². The summed E-state index contributed by atoms with van der Waals surface area (Å²) in [5, 5.41) is 16.9. The number of nitrogens with one attached hydrogen (secondary N) is 2. The lowest BCUT2D eigenvalue weighted by Crippen LogP contribution is -2.66. The Balaban J connectivity index is 1.70. The average Bonchev–Trinajstić information content (AvgIpc) is 2.95. The van der Waals surface area contributed by atoms with Gasteiger partial charge in [0, 0.05) is 33.4 Å². The Morgan fingerprint density at radius 1 is 0.923 bits per heavy atom. The van der Waals surface area contributed by atoms with E-state index >= 15 is 0 Å². The van der Waals surface area contributed by atoms with Gasteiger partial charge in [-0.15, -0.1) is 0 Å². The Morgan fingerprint density at radius 2 is 1.41 bits per heavy atom. The van der Waals surface area contributed by atoms with Gasteiger partial charge in [-0.2, -0.15) is 0 Å². The lowest BCUT2D eigenvalue weighted by Gasteiger charge is -2.43. The molecule has 0 saturated carbocycles. The fourth-order valence-corrected chi connectivity index (χ4v) is 9.50. The third-order valence-corrected chi connectivity index (χ3v) is 12.0. The lowest BCUT2D eigenvalue weighted by atomic mass is 9.86. The van der Waals surface area contributed by atoms with E-state index in [1.54, 1.807) is 0 Å². The van der Waals surface area contributed by atoms with Crippen molar-refractivity contribution in [3.8, 4) is 0 Å². The quantitative estimate of drug-likeness (QED) is 0.194. The van der Waals surface area contributed by atoms with E-state index in [9.17, 15) is 9.59 Å². The summed E-state index contributed by atoms with van der Waals surface area (Å²) in [7, 11) is -1.25. The van der Waals surface area contributed by atoms with E-state index in [0.29, 0.717) is 26.0 Å². The molecule has 0 aliphatic carbocycles. The van der Waals surface area contributed by atoms with Crippen LogP contribution in [0, 0.1) is 5.41 Å². The van der Waals surface area contributed by atoms with Crippen molar-refractivity contribution in [3.63, 3.8) is 0 Å². The van der Waals surface area contributed by atoms with Crippen LogP contribution in [0.2, 0.25) is 5.04 Å². The number of methoxy groups -OCH3 is 1. The second-order valence-corrected chi connectivity index (χ2v) is 15.0. The standard InChI is InChI=1S/C29H42N2O7Si/c1-28(2,3)39(23-13-7-5-8-14-23,24-15-9-6-10-16-24)38-20-12-18-31-26(34)29(25(33)30-17-11-19-32)21-36-27(35-4)37-22-29/h5-10,13-16,27,32H,11-12,17-22H2,1-4H3,(H,30,33)(H,31,34). The van der Waals surface area contributed by atoms with Crippen molar-refractivity contribution in [1.82, 2.24) is 10.6 Å². The molecular formula is C29H42N2O7Si. The van der Waals surface area contributed by atoms with Crippen LogP contribution < -0.4 is 21.0 Å². The number of rotatable bonds is 13. The molecule has 0 spiro atoms. The van der Waals surface area contributed by atoms with Crippen molar-refractivity contribution in [3.05, 3.63) is 60.7 Å². The third kappa shape index (κ3) is 7.13. The molecule has 0 bridgehead atoms. The van der Waals surface area contributed by atoms with Gasteiger partial charge in [0.05, 0.1) is 13.2 Å². The van der Waals surface area contributed by atoms with Crippen molar-refractivity contribution in [2.75, 3.05) is 46.6 Å². The SMILES string of the molecule is COC1OCC(C(=O)NCCCO)(C(=O)NCCCO[Si](c2ccccc2)(c2ccccc2)C(C)(C)C)CO1. The molecule has 1 aliphatic rings. The second kappa shape index (κ2) is 14.2. The Hall–Kier alpha value is -2.60. The highest BCUT2D eigenvalue weighted by atomic mass is 28.4. The highest BCUT2D eigenvalue weighted by Crippen LogP contribution is 2.36. The van der Waals surface area contributed by atoms with Gasteiger partial charge in [0.1, 0.15) is 0 Å². The van der Waals surface area contributed by atoms with Crippen LogP contribution >= 0.6 is 0 Å². The summed E-state index contributed by atoms with van der Waals surface area (Å²) in [6, 6.07) is 20.8. The molecule has 9 nitrogen and oxygen atoms in total. The van der Waals surface area contributed by atoms with Gasteiger partial charge >= 0.3 is 0 Å². The summed E-state index contributed by atoms with van der Waals surface area (Å²) in [6.07, 6.45) is 0.937. The van der Waals surface area contributed by atoms with Crippen molar-refractivity contribution < 1.29 is 33.3 Å². The zero-order chi connectivity index (χ0) is 28.4. The van der Waals surface area contributed by atoms with E-state index in [4.69, 9.17) is 23.7 Å². The van der Waals surface area contributed by atoms with Crippen LogP contribution in [0.4, 0.5) is 0 Å². The van der Waals surface area contributed by atoms with Gasteiger partial charge in [-0.1, -0.05) is 81.4 Å². The zero-order valence-electron chi connectivity index (χ0n) is 23.4. The fraction of sp³-hybridized carbons (Fsp3) is 0.517. The molecule has 1 heterocycles. The smallest absolute Gasteiger partial charge is 0.271 e. The molecule has 0 aromatic heterocycles. The summed E-state index contributed by atoms with van der Waals surface area (Å²) in [4.78, 5) is 26.3. The number of hydrogen-bond acceptors (Lipinski definition) is 7. The first-order chi connectivity index (χ1) is 18.7. The first-order valence-electron chi connectivity index (χ1n) is 13.4. The maximum absolute atomic E-state index is 13.3. The van der Waals surface area contributed by atoms with Crippen LogP contribution in [0.3, 0.4) is 0 Å². The van der Waals surface area contributed by atoms with E-state index in [1.165, 1.54) is 17.5 Å². The van der Waals surface area contributed by atoms with Crippen LogP contribution in [0.1, 0.15) is 33.6 Å². The fourth-order valence-electron chi connectivity index (χ4n) is 4.89. The summed E-state index contributed by atoms with van der Waals surface area (Å²) in [5.41, 5.74) is -1.55. The summed E-state index contributed by atoms with van der Waals surface area (Å²) < 4.78 is 22.8. The van der Waals surface area contributed by atoms with Crippen LogP contribution in [-0.2, 0) is 28.2 Å². The van der Waals surface area contributed by atoms with Crippen molar-refractivity contribution in [1.29, 1.82) is 0 Å². The molecule has 0 atom stereocenters. The number of aliphatic hydroxyl groups is 1. The van der Waals surface area contributed by atoms with E-state index in [-0.39, 0.29) is 31.4 Å². The average molecular weight is 559 g/mol. The molecule has 2 amide bonds. The Morgan fingerprint density at radius 3 is 1.85 bits per heavy atom. The van der Waals surface area contributed by atoms with Gasteiger partial charge in [0.2, 0.25) is 11.8 Å². The van der Waals surface area contributed by atoms with Crippen molar-refractivity contribution in [2.45, 2.75) is 45.1 Å². The first-order valence-corrected chi connectivity index (χ1v) is 15.3. The van der Waals surface area contributed by atoms with Gasteiger partial charge in [-0.25, -0.2) is 0 Å². The second-order valence-electron chi connectivity index (χ2n) is 10.7.